The van der Waals surface area contributed by atoms with Gasteiger partial charge >= 0.3 is 12.2 Å². The molecule has 3 rings (SSSR count). The number of aliphatic hydroxyl groups excluding tert-OH is 1. The van der Waals surface area contributed by atoms with Gasteiger partial charge < -0.3 is 24.4 Å². The molecule has 0 fully saturated rings. The van der Waals surface area contributed by atoms with E-state index >= 15 is 0 Å². The molecule has 0 saturated carbocycles. The number of aromatic nitrogens is 2. The molecule has 1 N–H and O–H groups in total. The van der Waals surface area contributed by atoms with Crippen molar-refractivity contribution in [3.8, 4) is 0 Å². The fourth-order valence-corrected chi connectivity index (χ4v) is 4.06. The van der Waals surface area contributed by atoms with Crippen molar-refractivity contribution in [2.45, 2.75) is 32.6 Å². The maximum atomic E-state index is 13.2. The molecule has 1 heterocycles. The summed E-state index contributed by atoms with van der Waals surface area (Å²) >= 11 is 12.4. The summed E-state index contributed by atoms with van der Waals surface area (Å²) < 4.78 is 10.9. The molecule has 202 valence electrons. The summed E-state index contributed by atoms with van der Waals surface area (Å²) in [5, 5.41) is 18.2. The van der Waals surface area contributed by atoms with Gasteiger partial charge in [-0.2, -0.15) is 0 Å². The predicted octanol–water partition coefficient (Wildman–Crippen LogP) is 4.90. The molecular formula is C27H30Cl2N4O5. The van der Waals surface area contributed by atoms with Crippen LogP contribution in [0.3, 0.4) is 0 Å². The quantitative estimate of drug-likeness (QED) is 0.355. The van der Waals surface area contributed by atoms with Gasteiger partial charge in [-0.15, -0.1) is 10.2 Å². The van der Waals surface area contributed by atoms with E-state index in [-0.39, 0.29) is 43.0 Å². The molecule has 2 aromatic carbocycles. The minimum Gasteiger partial charge on any atom is -0.445 e. The number of likely N-dealkylation sites (N-methyl/N-ethyl adjacent to an activating group) is 1. The SMILES string of the molecule is Cc1c(Cl)nnc(Cl)c1C[C@H](CO)N(CCN(C)C(=O)OCc1ccccc1)C(=O)OCc1ccccc1. The highest BCUT2D eigenvalue weighted by Gasteiger charge is 2.28. The van der Waals surface area contributed by atoms with E-state index in [0.29, 0.717) is 11.1 Å². The van der Waals surface area contributed by atoms with Gasteiger partial charge in [-0.25, -0.2) is 9.59 Å². The Balaban J connectivity index is 1.71. The standard InChI is InChI=1S/C27H30Cl2N4O5/c1-19-23(25(29)31-30-24(19)28)15-22(16-34)33(27(36)38-18-21-11-7-4-8-12-21)14-13-32(2)26(35)37-17-20-9-5-3-6-10-20/h3-12,22,34H,13-18H2,1-2H3/t22-/m1/s1. The van der Waals surface area contributed by atoms with Crippen LogP contribution < -0.4 is 0 Å². The molecule has 1 atom stereocenters. The average molecular weight is 561 g/mol. The van der Waals surface area contributed by atoms with Crippen molar-refractivity contribution in [2.24, 2.45) is 0 Å². The number of carbonyl (C=O) groups is 2. The number of hydrogen-bond acceptors (Lipinski definition) is 7. The van der Waals surface area contributed by atoms with Crippen LogP contribution in [0.15, 0.2) is 60.7 Å². The lowest BCUT2D eigenvalue weighted by molar-refractivity contribution is 0.0568. The van der Waals surface area contributed by atoms with Crippen LogP contribution in [0.2, 0.25) is 10.3 Å². The van der Waals surface area contributed by atoms with Crippen LogP contribution in [0.1, 0.15) is 22.3 Å². The Morgan fingerprint density at radius 1 is 0.868 bits per heavy atom. The normalized spacial score (nSPS) is 11.5. The summed E-state index contributed by atoms with van der Waals surface area (Å²) in [4.78, 5) is 28.5. The smallest absolute Gasteiger partial charge is 0.410 e. The molecule has 0 spiro atoms. The molecule has 0 bridgehead atoms. The Kier molecular flexibility index (Phi) is 11.1. The summed E-state index contributed by atoms with van der Waals surface area (Å²) in [7, 11) is 1.57. The number of aliphatic hydroxyl groups is 1. The lowest BCUT2D eigenvalue weighted by Gasteiger charge is -2.31. The maximum absolute atomic E-state index is 13.2. The van der Waals surface area contributed by atoms with Crippen molar-refractivity contribution in [3.63, 3.8) is 0 Å². The summed E-state index contributed by atoms with van der Waals surface area (Å²) in [6.45, 7) is 1.72. The lowest BCUT2D eigenvalue weighted by atomic mass is 10.0. The van der Waals surface area contributed by atoms with Gasteiger partial charge in [-0.05, 0) is 35.6 Å². The van der Waals surface area contributed by atoms with E-state index in [2.05, 4.69) is 10.2 Å². The van der Waals surface area contributed by atoms with Crippen LogP contribution in [0.5, 0.6) is 0 Å². The second-order valence-corrected chi connectivity index (χ2v) is 9.34. The molecule has 3 aromatic rings. The highest BCUT2D eigenvalue weighted by atomic mass is 35.5. The fourth-order valence-electron chi connectivity index (χ4n) is 3.65. The van der Waals surface area contributed by atoms with Crippen molar-refractivity contribution < 1.29 is 24.2 Å². The predicted molar refractivity (Wildman–Crippen MR) is 144 cm³/mol. The Morgan fingerprint density at radius 2 is 1.39 bits per heavy atom. The number of benzene rings is 2. The van der Waals surface area contributed by atoms with Crippen molar-refractivity contribution in [3.05, 3.63) is 93.2 Å². The molecule has 2 amide bonds. The monoisotopic (exact) mass is 560 g/mol. The summed E-state index contributed by atoms with van der Waals surface area (Å²) in [6.07, 6.45) is -1.05. The fraction of sp³-hybridized carbons (Fsp3) is 0.333. The molecule has 1 aromatic heterocycles. The zero-order valence-corrected chi connectivity index (χ0v) is 22.7. The third kappa shape index (κ3) is 8.31. The van der Waals surface area contributed by atoms with Gasteiger partial charge in [0.05, 0.1) is 12.6 Å². The first-order chi connectivity index (χ1) is 18.3. The van der Waals surface area contributed by atoms with Gasteiger partial charge in [0.25, 0.3) is 0 Å². The van der Waals surface area contributed by atoms with E-state index < -0.39 is 24.8 Å². The molecule has 0 aliphatic carbocycles. The van der Waals surface area contributed by atoms with E-state index in [4.69, 9.17) is 32.7 Å². The molecule has 0 aliphatic rings. The zero-order valence-electron chi connectivity index (χ0n) is 21.2. The highest BCUT2D eigenvalue weighted by molar-refractivity contribution is 6.32. The third-order valence-electron chi connectivity index (χ3n) is 5.96. The molecule has 0 unspecified atom stereocenters. The first-order valence-corrected chi connectivity index (χ1v) is 12.7. The Hall–Kier alpha value is -3.40. The van der Waals surface area contributed by atoms with Crippen LogP contribution in [-0.2, 0) is 29.1 Å². The second-order valence-electron chi connectivity index (χ2n) is 8.62. The largest absolute Gasteiger partial charge is 0.445 e. The van der Waals surface area contributed by atoms with Gasteiger partial charge in [0.2, 0.25) is 0 Å². The molecule has 38 heavy (non-hydrogen) atoms. The van der Waals surface area contributed by atoms with Crippen molar-refractivity contribution in [2.75, 3.05) is 26.7 Å². The Bertz CT molecular complexity index is 1200. The maximum Gasteiger partial charge on any atom is 0.410 e. The Labute approximate surface area is 231 Å². The van der Waals surface area contributed by atoms with Crippen molar-refractivity contribution in [1.29, 1.82) is 0 Å². The van der Waals surface area contributed by atoms with Gasteiger partial charge in [0.1, 0.15) is 13.2 Å². The molecular weight excluding hydrogens is 531 g/mol. The number of ether oxygens (including phenoxy) is 2. The topological polar surface area (TPSA) is 105 Å². The molecule has 11 heteroatoms. The number of hydrogen-bond donors (Lipinski definition) is 1. The Morgan fingerprint density at radius 3 is 1.95 bits per heavy atom. The van der Waals surface area contributed by atoms with Crippen LogP contribution in [0.25, 0.3) is 0 Å². The summed E-state index contributed by atoms with van der Waals surface area (Å²) in [6, 6.07) is 17.8. The minimum atomic E-state index is -0.733. The van der Waals surface area contributed by atoms with Crippen molar-refractivity contribution in [1.82, 2.24) is 20.0 Å². The van der Waals surface area contributed by atoms with Crippen LogP contribution in [-0.4, -0.2) is 70.1 Å². The van der Waals surface area contributed by atoms with Crippen molar-refractivity contribution >= 4 is 35.4 Å². The molecule has 0 saturated heterocycles. The number of carbonyl (C=O) groups excluding carboxylic acids is 2. The van der Waals surface area contributed by atoms with E-state index in [0.717, 1.165) is 11.1 Å². The zero-order chi connectivity index (χ0) is 27.5. The first kappa shape index (κ1) is 29.2. The van der Waals surface area contributed by atoms with E-state index in [1.54, 1.807) is 14.0 Å². The van der Waals surface area contributed by atoms with E-state index in [1.165, 1.54) is 9.80 Å². The van der Waals surface area contributed by atoms with E-state index in [9.17, 15) is 14.7 Å². The van der Waals surface area contributed by atoms with Gasteiger partial charge in [-0.1, -0.05) is 83.9 Å². The van der Waals surface area contributed by atoms with Gasteiger partial charge in [-0.3, -0.25) is 0 Å². The number of halogens is 2. The molecule has 0 aliphatic heterocycles. The minimum absolute atomic E-state index is 0.0473. The summed E-state index contributed by atoms with van der Waals surface area (Å²) in [5.41, 5.74) is 2.83. The summed E-state index contributed by atoms with van der Waals surface area (Å²) in [5.74, 6) is 0. The van der Waals surface area contributed by atoms with Gasteiger partial charge in [0.15, 0.2) is 10.3 Å². The van der Waals surface area contributed by atoms with Crippen LogP contribution >= 0.6 is 23.2 Å². The number of nitrogens with zero attached hydrogens (tertiary/aromatic N) is 4. The van der Waals surface area contributed by atoms with Crippen LogP contribution in [0.4, 0.5) is 9.59 Å². The highest BCUT2D eigenvalue weighted by Crippen LogP contribution is 2.25. The van der Waals surface area contributed by atoms with Gasteiger partial charge in [0, 0.05) is 20.1 Å². The first-order valence-electron chi connectivity index (χ1n) is 12.0. The van der Waals surface area contributed by atoms with Crippen LogP contribution in [0, 0.1) is 6.92 Å². The second kappa shape index (κ2) is 14.5. The third-order valence-corrected chi connectivity index (χ3v) is 6.62. The molecule has 9 nitrogen and oxygen atoms in total. The number of amides is 2. The molecule has 0 radical (unpaired) electrons. The van der Waals surface area contributed by atoms with E-state index in [1.807, 2.05) is 60.7 Å². The number of rotatable bonds is 11. The lowest BCUT2D eigenvalue weighted by Crippen LogP contribution is -2.48. The average Bonchev–Trinajstić information content (AvgIpc) is 2.94.